The topological polar surface area (TPSA) is 36.4 Å². The highest BCUT2D eigenvalue weighted by atomic mass is 15.3. The Hall–Kier alpha value is -1.36. The molecule has 1 atom stereocenters. The molecule has 1 aliphatic carbocycles. The molecule has 3 aliphatic rings. The lowest BCUT2D eigenvalue weighted by Gasteiger charge is -2.43. The first-order valence-corrected chi connectivity index (χ1v) is 10.6. The van der Waals surface area contributed by atoms with Crippen molar-refractivity contribution in [3.63, 3.8) is 0 Å². The van der Waals surface area contributed by atoms with Gasteiger partial charge in [-0.2, -0.15) is 0 Å². The maximum atomic E-state index is 4.88. The molecule has 1 radical (unpaired) electrons. The number of aromatic nitrogens is 1. The number of piperazine rings is 1. The van der Waals surface area contributed by atoms with Crippen molar-refractivity contribution in [3.05, 3.63) is 35.5 Å². The second-order valence-electron chi connectivity index (χ2n) is 8.40. The third kappa shape index (κ3) is 3.19. The Bertz CT molecular complexity index is 734. The molecule has 1 N–H and O–H groups in total. The molecular formula is C22H31N4. The first kappa shape index (κ1) is 16.8. The van der Waals surface area contributed by atoms with Crippen LogP contribution in [0.25, 0.3) is 10.9 Å². The lowest BCUT2D eigenvalue weighted by Crippen LogP contribution is -2.51. The van der Waals surface area contributed by atoms with Gasteiger partial charge in [0.15, 0.2) is 0 Å². The highest BCUT2D eigenvalue weighted by Crippen LogP contribution is 2.32. The molecule has 2 aliphatic heterocycles. The highest BCUT2D eigenvalue weighted by Gasteiger charge is 2.28. The van der Waals surface area contributed by atoms with Crippen molar-refractivity contribution in [3.8, 4) is 0 Å². The van der Waals surface area contributed by atoms with Gasteiger partial charge in [-0.25, -0.2) is 5.32 Å². The molecule has 0 amide bonds. The summed E-state index contributed by atoms with van der Waals surface area (Å²) in [5, 5.41) is 6.28. The Morgan fingerprint density at radius 1 is 1.00 bits per heavy atom. The molecule has 139 valence electrons. The number of H-pyrrole nitrogens is 1. The third-order valence-electron chi connectivity index (χ3n) is 6.82. The Labute approximate surface area is 156 Å². The minimum absolute atomic E-state index is 0.393. The van der Waals surface area contributed by atoms with E-state index in [1.807, 2.05) is 0 Å². The van der Waals surface area contributed by atoms with Crippen LogP contribution in [0.3, 0.4) is 0 Å². The first-order chi connectivity index (χ1) is 12.9. The quantitative estimate of drug-likeness (QED) is 0.912. The molecule has 26 heavy (non-hydrogen) atoms. The van der Waals surface area contributed by atoms with E-state index in [4.69, 9.17) is 5.32 Å². The fraction of sp³-hybridized carbons (Fsp3) is 0.636. The van der Waals surface area contributed by atoms with E-state index >= 15 is 0 Å². The summed E-state index contributed by atoms with van der Waals surface area (Å²) >= 11 is 0. The van der Waals surface area contributed by atoms with Crippen LogP contribution in [-0.2, 0) is 6.54 Å². The molecule has 2 saturated heterocycles. The monoisotopic (exact) mass is 351 g/mol. The van der Waals surface area contributed by atoms with Gasteiger partial charge in [-0.1, -0.05) is 31.0 Å². The number of hydrogen-bond donors (Lipinski definition) is 1. The molecule has 4 nitrogen and oxygen atoms in total. The van der Waals surface area contributed by atoms with E-state index in [1.54, 1.807) is 0 Å². The average Bonchev–Trinajstić information content (AvgIpc) is 3.06. The Kier molecular flexibility index (Phi) is 4.74. The van der Waals surface area contributed by atoms with Crippen molar-refractivity contribution in [1.82, 2.24) is 20.1 Å². The summed E-state index contributed by atoms with van der Waals surface area (Å²) in [7, 11) is 0. The minimum Gasteiger partial charge on any atom is -0.361 e. The van der Waals surface area contributed by atoms with Crippen LogP contribution < -0.4 is 5.32 Å². The zero-order valence-corrected chi connectivity index (χ0v) is 15.8. The van der Waals surface area contributed by atoms with Crippen molar-refractivity contribution in [2.24, 2.45) is 0 Å². The van der Waals surface area contributed by atoms with Crippen LogP contribution in [0, 0.1) is 0 Å². The van der Waals surface area contributed by atoms with Crippen molar-refractivity contribution in [2.75, 3.05) is 32.7 Å². The summed E-state index contributed by atoms with van der Waals surface area (Å²) in [6, 6.07) is 8.09. The fourth-order valence-corrected chi connectivity index (χ4v) is 4.97. The van der Waals surface area contributed by atoms with Gasteiger partial charge in [0.1, 0.15) is 0 Å². The summed E-state index contributed by atoms with van der Waals surface area (Å²) in [6.45, 7) is 7.02. The second-order valence-corrected chi connectivity index (χ2v) is 8.40. The molecule has 1 aromatic heterocycles. The summed E-state index contributed by atoms with van der Waals surface area (Å²) in [4.78, 5) is 8.95. The Morgan fingerprint density at radius 2 is 1.88 bits per heavy atom. The molecule has 3 heterocycles. The Balaban J connectivity index is 1.29. The lowest BCUT2D eigenvalue weighted by atomic mass is 9.91. The second kappa shape index (κ2) is 7.34. The number of hydrogen-bond acceptors (Lipinski definition) is 2. The van der Waals surface area contributed by atoms with Crippen LogP contribution in [-0.4, -0.2) is 53.5 Å². The van der Waals surface area contributed by atoms with Crippen molar-refractivity contribution in [1.29, 1.82) is 0 Å². The van der Waals surface area contributed by atoms with E-state index in [-0.39, 0.29) is 0 Å². The molecule has 5 rings (SSSR count). The van der Waals surface area contributed by atoms with Crippen molar-refractivity contribution in [2.45, 2.75) is 57.2 Å². The van der Waals surface area contributed by atoms with Gasteiger partial charge < -0.3 is 4.98 Å². The van der Waals surface area contributed by atoms with Gasteiger partial charge in [0.25, 0.3) is 0 Å². The zero-order chi connectivity index (χ0) is 17.3. The summed E-state index contributed by atoms with van der Waals surface area (Å²) in [5.74, 6) is 0. The number of piperidine rings is 1. The molecule has 3 fully saturated rings. The van der Waals surface area contributed by atoms with Crippen LogP contribution in [0.4, 0.5) is 0 Å². The van der Waals surface area contributed by atoms with E-state index in [2.05, 4.69) is 39.2 Å². The lowest BCUT2D eigenvalue weighted by molar-refractivity contribution is 0.0589. The van der Waals surface area contributed by atoms with Gasteiger partial charge in [0, 0.05) is 56.9 Å². The SMILES string of the molecule is c1cc(C2CCCC[N]2)c2[nH]cc(CN3CCN(C4CCC4)CC3)c2c1. The van der Waals surface area contributed by atoms with Gasteiger partial charge in [0.05, 0.1) is 11.6 Å². The molecule has 2 aromatic rings. The number of nitrogens with zero attached hydrogens (tertiary/aromatic N) is 3. The molecule has 1 unspecified atom stereocenters. The van der Waals surface area contributed by atoms with Gasteiger partial charge >= 0.3 is 0 Å². The molecular weight excluding hydrogens is 320 g/mol. The van der Waals surface area contributed by atoms with Crippen molar-refractivity contribution >= 4 is 10.9 Å². The Morgan fingerprint density at radius 3 is 2.62 bits per heavy atom. The average molecular weight is 352 g/mol. The van der Waals surface area contributed by atoms with Crippen LogP contribution in [0.2, 0.25) is 0 Å². The smallest absolute Gasteiger partial charge is 0.0516 e. The maximum Gasteiger partial charge on any atom is 0.0516 e. The van der Waals surface area contributed by atoms with Crippen LogP contribution in [0.15, 0.2) is 24.4 Å². The van der Waals surface area contributed by atoms with Gasteiger partial charge in [0.2, 0.25) is 0 Å². The molecule has 1 aromatic carbocycles. The number of benzene rings is 1. The molecule has 0 bridgehead atoms. The summed E-state index contributed by atoms with van der Waals surface area (Å²) in [5.41, 5.74) is 4.18. The molecule has 4 heteroatoms. The number of para-hydroxylation sites is 1. The fourth-order valence-electron chi connectivity index (χ4n) is 4.97. The standard InChI is InChI=1S/C22H31N4/c1-2-10-23-21(9-1)20-8-4-7-19-17(15-24-22(19)20)16-25-11-13-26(14-12-25)18-5-3-6-18/h4,7-8,15,18,21,24H,1-3,5-6,9-14,16H2. The van der Waals surface area contributed by atoms with Gasteiger partial charge in [-0.3, -0.25) is 9.80 Å². The number of rotatable bonds is 4. The van der Waals surface area contributed by atoms with Crippen LogP contribution >= 0.6 is 0 Å². The van der Waals surface area contributed by atoms with E-state index in [0.717, 1.165) is 19.1 Å². The number of aromatic amines is 1. The highest BCUT2D eigenvalue weighted by molar-refractivity contribution is 5.86. The largest absolute Gasteiger partial charge is 0.361 e. The van der Waals surface area contributed by atoms with E-state index in [0.29, 0.717) is 6.04 Å². The number of fused-ring (bicyclic) bond motifs is 1. The van der Waals surface area contributed by atoms with Gasteiger partial charge in [-0.15, -0.1) is 0 Å². The number of nitrogens with one attached hydrogen (secondary N) is 1. The summed E-state index contributed by atoms with van der Waals surface area (Å²) in [6.07, 6.45) is 10.3. The first-order valence-electron chi connectivity index (χ1n) is 10.6. The predicted molar refractivity (Wildman–Crippen MR) is 106 cm³/mol. The van der Waals surface area contributed by atoms with Crippen LogP contribution in [0.5, 0.6) is 0 Å². The predicted octanol–water partition coefficient (Wildman–Crippen LogP) is 3.67. The minimum atomic E-state index is 0.393. The third-order valence-corrected chi connectivity index (χ3v) is 6.82. The maximum absolute atomic E-state index is 4.88. The summed E-state index contributed by atoms with van der Waals surface area (Å²) < 4.78 is 0. The van der Waals surface area contributed by atoms with E-state index in [9.17, 15) is 0 Å². The van der Waals surface area contributed by atoms with E-state index in [1.165, 1.54) is 86.7 Å². The molecule has 0 spiro atoms. The van der Waals surface area contributed by atoms with Gasteiger partial charge in [-0.05, 0) is 36.8 Å². The van der Waals surface area contributed by atoms with Crippen LogP contribution in [0.1, 0.15) is 55.7 Å². The zero-order valence-electron chi connectivity index (χ0n) is 15.8. The molecule has 1 saturated carbocycles. The normalized spacial score (nSPS) is 26.2. The van der Waals surface area contributed by atoms with E-state index < -0.39 is 0 Å². The van der Waals surface area contributed by atoms with Crippen molar-refractivity contribution < 1.29 is 0 Å².